The summed E-state index contributed by atoms with van der Waals surface area (Å²) in [6.07, 6.45) is 0.600. The van der Waals surface area contributed by atoms with Crippen LogP contribution < -0.4 is 5.32 Å². The molecule has 0 aromatic carbocycles. The van der Waals surface area contributed by atoms with Crippen LogP contribution in [0.3, 0.4) is 0 Å². The largest absolute Gasteiger partial charge is 0.481 e. The predicted octanol–water partition coefficient (Wildman–Crippen LogP) is 2.88. The molecule has 0 saturated heterocycles. The maximum atomic E-state index is 11.7. The average Bonchev–Trinajstić information content (AvgIpc) is 2.25. The molecule has 1 aromatic rings. The first kappa shape index (κ1) is 16.4. The quantitative estimate of drug-likeness (QED) is 0.876. The molecule has 7 heteroatoms. The molecule has 1 aromatic heterocycles. The molecule has 0 aliphatic carbocycles. The van der Waals surface area contributed by atoms with E-state index >= 15 is 0 Å². The number of carbonyl (C=O) groups excluding carboxylic acids is 1. The van der Waals surface area contributed by atoms with E-state index in [1.165, 1.54) is 0 Å². The molecule has 1 rings (SSSR count). The van der Waals surface area contributed by atoms with Gasteiger partial charge in [-0.2, -0.15) is 0 Å². The second-order valence-corrected chi connectivity index (χ2v) is 6.11. The van der Waals surface area contributed by atoms with Crippen LogP contribution >= 0.6 is 15.9 Å². The van der Waals surface area contributed by atoms with E-state index in [-0.39, 0.29) is 6.42 Å². The minimum atomic E-state index is -1.03. The van der Waals surface area contributed by atoms with E-state index in [9.17, 15) is 9.59 Å². The monoisotopic (exact) mass is 344 g/mol. The minimum Gasteiger partial charge on any atom is -0.481 e. The van der Waals surface area contributed by atoms with Gasteiger partial charge in [-0.25, -0.2) is 4.79 Å². The molecule has 0 aliphatic heterocycles. The summed E-state index contributed by atoms with van der Waals surface area (Å²) in [6.45, 7) is 5.20. The van der Waals surface area contributed by atoms with E-state index in [0.29, 0.717) is 5.69 Å². The number of aromatic nitrogens is 1. The van der Waals surface area contributed by atoms with Crippen LogP contribution in [-0.4, -0.2) is 27.8 Å². The van der Waals surface area contributed by atoms with Gasteiger partial charge in [-0.15, -0.1) is 0 Å². The van der Waals surface area contributed by atoms with Gasteiger partial charge in [0.25, 0.3) is 0 Å². The van der Waals surface area contributed by atoms with Gasteiger partial charge in [-0.05, 0) is 48.8 Å². The van der Waals surface area contributed by atoms with Crippen LogP contribution in [0.5, 0.6) is 0 Å². The van der Waals surface area contributed by atoms with Crippen molar-refractivity contribution in [3.8, 4) is 0 Å². The molecular weight excluding hydrogens is 328 g/mol. The van der Waals surface area contributed by atoms with Gasteiger partial charge < -0.3 is 15.2 Å². The van der Waals surface area contributed by atoms with Crippen molar-refractivity contribution in [2.75, 3.05) is 0 Å². The number of amides is 1. The molecule has 2 N–H and O–H groups in total. The Morgan fingerprint density at radius 1 is 1.45 bits per heavy atom. The number of nitrogens with one attached hydrogen (secondary N) is 1. The van der Waals surface area contributed by atoms with Crippen molar-refractivity contribution in [1.82, 2.24) is 10.3 Å². The molecule has 0 saturated carbocycles. The van der Waals surface area contributed by atoms with E-state index in [1.807, 2.05) is 0 Å². The molecule has 0 aliphatic rings. The first-order valence-electron chi connectivity index (χ1n) is 6.00. The normalized spacial score (nSPS) is 12.6. The molecule has 0 fully saturated rings. The number of hydrogen-bond acceptors (Lipinski definition) is 4. The fourth-order valence-electron chi connectivity index (χ4n) is 1.45. The number of aliphatic carboxylic acids is 1. The summed E-state index contributed by atoms with van der Waals surface area (Å²) in [5.74, 6) is -1.03. The van der Waals surface area contributed by atoms with Crippen LogP contribution in [0.4, 0.5) is 4.79 Å². The van der Waals surface area contributed by atoms with Crippen molar-refractivity contribution >= 4 is 28.0 Å². The molecule has 0 spiro atoms. The Balaban J connectivity index is 2.82. The van der Waals surface area contributed by atoms with E-state index in [0.717, 1.165) is 4.47 Å². The van der Waals surface area contributed by atoms with E-state index in [2.05, 4.69) is 26.2 Å². The Morgan fingerprint density at radius 2 is 2.10 bits per heavy atom. The summed E-state index contributed by atoms with van der Waals surface area (Å²) in [6, 6.07) is 2.64. The van der Waals surface area contributed by atoms with Gasteiger partial charge in [-0.1, -0.05) is 0 Å². The molecule has 1 atom stereocenters. The topological polar surface area (TPSA) is 88.5 Å². The summed E-state index contributed by atoms with van der Waals surface area (Å²) in [5.41, 5.74) is -0.188. The average molecular weight is 345 g/mol. The second kappa shape index (κ2) is 6.69. The first-order valence-corrected chi connectivity index (χ1v) is 6.79. The molecule has 0 bridgehead atoms. The summed E-state index contributed by atoms with van der Waals surface area (Å²) in [4.78, 5) is 26.7. The summed E-state index contributed by atoms with van der Waals surface area (Å²) in [5, 5.41) is 11.4. The number of hydrogen-bond donors (Lipinski definition) is 2. The highest BCUT2D eigenvalue weighted by Crippen LogP contribution is 2.18. The Bertz CT molecular complexity index is 482. The van der Waals surface area contributed by atoms with E-state index < -0.39 is 23.7 Å². The summed E-state index contributed by atoms with van der Waals surface area (Å²) < 4.78 is 5.89. The molecule has 20 heavy (non-hydrogen) atoms. The second-order valence-electron chi connectivity index (χ2n) is 5.20. The van der Waals surface area contributed by atoms with Gasteiger partial charge in [0.15, 0.2) is 0 Å². The van der Waals surface area contributed by atoms with Crippen LogP contribution in [0.25, 0.3) is 0 Å². The third-order valence-electron chi connectivity index (χ3n) is 2.18. The van der Waals surface area contributed by atoms with Crippen molar-refractivity contribution in [3.05, 3.63) is 28.5 Å². The Morgan fingerprint density at radius 3 is 2.55 bits per heavy atom. The number of halogens is 1. The van der Waals surface area contributed by atoms with Gasteiger partial charge in [0.05, 0.1) is 18.2 Å². The SMILES string of the molecule is CC(C)(C)OC(=O)NC(CC(=O)O)c1ccc(Br)cn1. The standard InChI is InChI=1S/C13H17BrN2O4/c1-13(2,3)20-12(19)16-10(6-11(17)18)9-5-4-8(14)7-15-9/h4-5,7,10H,6H2,1-3H3,(H,16,19)(H,17,18). The zero-order valence-corrected chi connectivity index (χ0v) is 13.1. The third kappa shape index (κ3) is 6.01. The number of ether oxygens (including phenoxy) is 1. The van der Waals surface area contributed by atoms with Crippen LogP contribution in [0.15, 0.2) is 22.8 Å². The molecule has 0 radical (unpaired) electrons. The molecule has 1 unspecified atom stereocenters. The maximum Gasteiger partial charge on any atom is 0.408 e. The molecular formula is C13H17BrN2O4. The number of carbonyl (C=O) groups is 2. The van der Waals surface area contributed by atoms with E-state index in [1.54, 1.807) is 39.1 Å². The first-order chi connectivity index (χ1) is 9.17. The number of carboxylic acid groups (broad SMARTS) is 1. The van der Waals surface area contributed by atoms with Crippen LogP contribution in [0, 0.1) is 0 Å². The van der Waals surface area contributed by atoms with Gasteiger partial charge in [0, 0.05) is 10.7 Å². The lowest BCUT2D eigenvalue weighted by Crippen LogP contribution is -2.36. The predicted molar refractivity (Wildman–Crippen MR) is 76.3 cm³/mol. The summed E-state index contributed by atoms with van der Waals surface area (Å²) >= 11 is 3.25. The van der Waals surface area contributed by atoms with Gasteiger partial charge in [0.1, 0.15) is 5.60 Å². The minimum absolute atomic E-state index is 0.270. The van der Waals surface area contributed by atoms with E-state index in [4.69, 9.17) is 9.84 Å². The fraction of sp³-hybridized carbons (Fsp3) is 0.462. The van der Waals surface area contributed by atoms with Crippen LogP contribution in [0.2, 0.25) is 0 Å². The van der Waals surface area contributed by atoms with Crippen molar-refractivity contribution in [2.45, 2.75) is 38.8 Å². The number of rotatable bonds is 4. The fourth-order valence-corrected chi connectivity index (χ4v) is 1.68. The zero-order valence-electron chi connectivity index (χ0n) is 11.5. The Labute approximate surface area is 125 Å². The van der Waals surface area contributed by atoms with Crippen molar-refractivity contribution < 1.29 is 19.4 Å². The van der Waals surface area contributed by atoms with Crippen LogP contribution in [-0.2, 0) is 9.53 Å². The number of alkyl carbamates (subject to hydrolysis) is 1. The smallest absolute Gasteiger partial charge is 0.408 e. The van der Waals surface area contributed by atoms with Gasteiger partial charge in [-0.3, -0.25) is 9.78 Å². The van der Waals surface area contributed by atoms with Crippen molar-refractivity contribution in [2.24, 2.45) is 0 Å². The molecule has 1 heterocycles. The lowest BCUT2D eigenvalue weighted by molar-refractivity contribution is -0.137. The molecule has 6 nitrogen and oxygen atoms in total. The Kier molecular flexibility index (Phi) is 5.50. The zero-order chi connectivity index (χ0) is 15.3. The third-order valence-corrected chi connectivity index (χ3v) is 2.65. The highest BCUT2D eigenvalue weighted by atomic mass is 79.9. The lowest BCUT2D eigenvalue weighted by atomic mass is 10.1. The summed E-state index contributed by atoms with van der Waals surface area (Å²) in [7, 11) is 0. The maximum absolute atomic E-state index is 11.7. The highest BCUT2D eigenvalue weighted by Gasteiger charge is 2.23. The molecule has 110 valence electrons. The van der Waals surface area contributed by atoms with Crippen molar-refractivity contribution in [3.63, 3.8) is 0 Å². The highest BCUT2D eigenvalue weighted by molar-refractivity contribution is 9.10. The van der Waals surface area contributed by atoms with Gasteiger partial charge in [0.2, 0.25) is 0 Å². The Hall–Kier alpha value is -1.63. The number of nitrogens with zero attached hydrogens (tertiary/aromatic N) is 1. The number of pyridine rings is 1. The molecule has 1 amide bonds. The van der Waals surface area contributed by atoms with Gasteiger partial charge >= 0.3 is 12.1 Å². The van der Waals surface area contributed by atoms with Crippen LogP contribution in [0.1, 0.15) is 38.9 Å². The van der Waals surface area contributed by atoms with Crippen molar-refractivity contribution in [1.29, 1.82) is 0 Å². The lowest BCUT2D eigenvalue weighted by Gasteiger charge is -2.22. The number of carboxylic acids is 1.